The minimum atomic E-state index is -0.0687. The van der Waals surface area contributed by atoms with Gasteiger partial charge in [-0.3, -0.25) is 4.79 Å². The number of nitrogens with zero attached hydrogens (tertiary/aromatic N) is 1. The van der Waals surface area contributed by atoms with E-state index in [1.807, 2.05) is 0 Å². The second kappa shape index (κ2) is 6.81. The van der Waals surface area contributed by atoms with Crippen LogP contribution in [0.4, 0.5) is 0 Å². The number of thiocarbonyl (C=S) groups is 1. The molecule has 4 nitrogen and oxygen atoms in total. The highest BCUT2D eigenvalue weighted by molar-refractivity contribution is 7.80. The summed E-state index contributed by atoms with van der Waals surface area (Å²) >= 11 is 4.68. The molecule has 1 fully saturated rings. The zero-order valence-electron chi connectivity index (χ0n) is 9.87. The van der Waals surface area contributed by atoms with Crippen LogP contribution in [-0.4, -0.2) is 42.0 Å². The van der Waals surface area contributed by atoms with E-state index >= 15 is 0 Å². The molecular formula is C11H21N3OS. The van der Waals surface area contributed by atoms with Gasteiger partial charge in [-0.2, -0.15) is 0 Å². The standard InChI is InChI=1S/C11H21N3OS/c1-9(8-14-4-2-3-5-14)7-13-11(15)6-10(12)16/h9H,2-8H2,1H3,(H2,12,16)(H,13,15). The SMILES string of the molecule is CC(CNC(=O)CC(N)=S)CN1CCCC1. The van der Waals surface area contributed by atoms with E-state index in [0.717, 1.165) is 6.54 Å². The molecule has 0 bridgehead atoms. The molecule has 1 atom stereocenters. The summed E-state index contributed by atoms with van der Waals surface area (Å²) in [6.07, 6.45) is 2.77. The molecule has 1 unspecified atom stereocenters. The molecule has 92 valence electrons. The summed E-state index contributed by atoms with van der Waals surface area (Å²) in [6, 6.07) is 0. The number of carbonyl (C=O) groups excluding carboxylic acids is 1. The van der Waals surface area contributed by atoms with Gasteiger partial charge in [-0.1, -0.05) is 19.1 Å². The Bertz CT molecular complexity index is 252. The second-order valence-electron chi connectivity index (χ2n) is 4.56. The molecular weight excluding hydrogens is 222 g/mol. The van der Waals surface area contributed by atoms with Gasteiger partial charge >= 0.3 is 0 Å². The van der Waals surface area contributed by atoms with Crippen molar-refractivity contribution in [3.63, 3.8) is 0 Å². The molecule has 1 aliphatic rings. The second-order valence-corrected chi connectivity index (χ2v) is 5.08. The Morgan fingerprint density at radius 1 is 1.50 bits per heavy atom. The van der Waals surface area contributed by atoms with Crippen molar-refractivity contribution in [2.45, 2.75) is 26.2 Å². The molecule has 0 aliphatic carbocycles. The summed E-state index contributed by atoms with van der Waals surface area (Å²) in [6.45, 7) is 6.32. The van der Waals surface area contributed by atoms with Gasteiger partial charge in [-0.25, -0.2) is 0 Å². The first-order chi connectivity index (χ1) is 7.58. The zero-order valence-corrected chi connectivity index (χ0v) is 10.7. The Morgan fingerprint density at radius 3 is 2.69 bits per heavy atom. The van der Waals surface area contributed by atoms with E-state index in [1.54, 1.807) is 0 Å². The summed E-state index contributed by atoms with van der Waals surface area (Å²) in [4.78, 5) is 14.0. The fraction of sp³-hybridized carbons (Fsp3) is 0.818. The fourth-order valence-corrected chi connectivity index (χ4v) is 2.11. The summed E-state index contributed by atoms with van der Waals surface area (Å²) in [5, 5.41) is 2.85. The van der Waals surface area contributed by atoms with Gasteiger partial charge in [0.15, 0.2) is 0 Å². The highest BCUT2D eigenvalue weighted by Crippen LogP contribution is 2.09. The molecule has 0 spiro atoms. The van der Waals surface area contributed by atoms with Crippen molar-refractivity contribution in [1.29, 1.82) is 0 Å². The molecule has 1 amide bonds. The van der Waals surface area contributed by atoms with Crippen LogP contribution in [-0.2, 0) is 4.79 Å². The van der Waals surface area contributed by atoms with Gasteiger partial charge in [0.05, 0.1) is 11.4 Å². The molecule has 5 heteroatoms. The Balaban J connectivity index is 2.11. The fourth-order valence-electron chi connectivity index (χ4n) is 1.98. The maximum absolute atomic E-state index is 11.3. The quantitative estimate of drug-likeness (QED) is 0.667. The lowest BCUT2D eigenvalue weighted by atomic mass is 10.1. The van der Waals surface area contributed by atoms with Crippen LogP contribution >= 0.6 is 12.2 Å². The number of nitrogens with one attached hydrogen (secondary N) is 1. The minimum Gasteiger partial charge on any atom is -0.393 e. The molecule has 0 radical (unpaired) electrons. The summed E-state index contributed by atoms with van der Waals surface area (Å²) in [5.41, 5.74) is 5.29. The van der Waals surface area contributed by atoms with Gasteiger partial charge in [-0.05, 0) is 31.8 Å². The third kappa shape index (κ3) is 5.42. The predicted octanol–water partition coefficient (Wildman–Crippen LogP) is 0.511. The van der Waals surface area contributed by atoms with Crippen molar-refractivity contribution in [3.8, 4) is 0 Å². The first kappa shape index (κ1) is 13.4. The Hall–Kier alpha value is -0.680. The minimum absolute atomic E-state index is 0.0687. The monoisotopic (exact) mass is 243 g/mol. The first-order valence-corrected chi connectivity index (χ1v) is 6.26. The number of hydrogen-bond donors (Lipinski definition) is 2. The van der Waals surface area contributed by atoms with Crippen molar-refractivity contribution in [1.82, 2.24) is 10.2 Å². The number of rotatable bonds is 6. The lowest BCUT2D eigenvalue weighted by molar-refractivity contribution is -0.120. The van der Waals surface area contributed by atoms with Crippen LogP contribution in [0.15, 0.2) is 0 Å². The molecule has 0 aromatic carbocycles. The average molecular weight is 243 g/mol. The van der Waals surface area contributed by atoms with E-state index in [9.17, 15) is 4.79 Å². The third-order valence-electron chi connectivity index (χ3n) is 2.75. The Labute approximate surface area is 103 Å². The number of nitrogens with two attached hydrogens (primary N) is 1. The Morgan fingerprint density at radius 2 is 2.12 bits per heavy atom. The van der Waals surface area contributed by atoms with E-state index < -0.39 is 0 Å². The van der Waals surface area contributed by atoms with Crippen LogP contribution in [0.1, 0.15) is 26.2 Å². The molecule has 1 saturated heterocycles. The van der Waals surface area contributed by atoms with Gasteiger partial charge in [0, 0.05) is 13.1 Å². The summed E-state index contributed by atoms with van der Waals surface area (Å²) in [5.74, 6) is 0.411. The van der Waals surface area contributed by atoms with Crippen molar-refractivity contribution in [2.75, 3.05) is 26.2 Å². The highest BCUT2D eigenvalue weighted by Gasteiger charge is 2.15. The number of amides is 1. The molecule has 0 aromatic rings. The van der Waals surface area contributed by atoms with E-state index in [1.165, 1.54) is 25.9 Å². The predicted molar refractivity (Wildman–Crippen MR) is 69.3 cm³/mol. The maximum atomic E-state index is 11.3. The average Bonchev–Trinajstić information content (AvgIpc) is 2.66. The number of hydrogen-bond acceptors (Lipinski definition) is 3. The third-order valence-corrected chi connectivity index (χ3v) is 2.90. The van der Waals surface area contributed by atoms with Crippen LogP contribution in [0, 0.1) is 5.92 Å². The largest absolute Gasteiger partial charge is 0.393 e. The van der Waals surface area contributed by atoms with E-state index in [0.29, 0.717) is 12.5 Å². The van der Waals surface area contributed by atoms with Crippen LogP contribution in [0.5, 0.6) is 0 Å². The topological polar surface area (TPSA) is 58.4 Å². The van der Waals surface area contributed by atoms with Crippen molar-refractivity contribution < 1.29 is 4.79 Å². The van der Waals surface area contributed by atoms with Crippen LogP contribution in [0.3, 0.4) is 0 Å². The lowest BCUT2D eigenvalue weighted by Gasteiger charge is -2.20. The molecule has 16 heavy (non-hydrogen) atoms. The van der Waals surface area contributed by atoms with Crippen LogP contribution in [0.25, 0.3) is 0 Å². The van der Waals surface area contributed by atoms with Gasteiger partial charge in [0.1, 0.15) is 0 Å². The Kier molecular flexibility index (Phi) is 5.69. The van der Waals surface area contributed by atoms with E-state index in [2.05, 4.69) is 29.4 Å². The molecule has 1 heterocycles. The lowest BCUT2D eigenvalue weighted by Crippen LogP contribution is -2.35. The molecule has 0 aromatic heterocycles. The molecule has 0 saturated carbocycles. The number of carbonyl (C=O) groups is 1. The maximum Gasteiger partial charge on any atom is 0.226 e. The van der Waals surface area contributed by atoms with Crippen LogP contribution < -0.4 is 11.1 Å². The van der Waals surface area contributed by atoms with Gasteiger partial charge in [0.2, 0.25) is 5.91 Å². The van der Waals surface area contributed by atoms with Gasteiger partial charge in [-0.15, -0.1) is 0 Å². The van der Waals surface area contributed by atoms with E-state index in [4.69, 9.17) is 5.73 Å². The van der Waals surface area contributed by atoms with E-state index in [-0.39, 0.29) is 17.3 Å². The smallest absolute Gasteiger partial charge is 0.226 e. The molecule has 1 aliphatic heterocycles. The van der Waals surface area contributed by atoms with Crippen molar-refractivity contribution in [2.24, 2.45) is 11.7 Å². The normalized spacial score (nSPS) is 18.3. The zero-order chi connectivity index (χ0) is 12.0. The van der Waals surface area contributed by atoms with Crippen molar-refractivity contribution in [3.05, 3.63) is 0 Å². The molecule has 3 N–H and O–H groups in total. The first-order valence-electron chi connectivity index (χ1n) is 5.85. The number of likely N-dealkylation sites (tertiary alicyclic amines) is 1. The van der Waals surface area contributed by atoms with Gasteiger partial charge in [0.25, 0.3) is 0 Å². The highest BCUT2D eigenvalue weighted by atomic mass is 32.1. The summed E-state index contributed by atoms with van der Waals surface area (Å²) < 4.78 is 0. The van der Waals surface area contributed by atoms with Crippen LogP contribution in [0.2, 0.25) is 0 Å². The molecule has 1 rings (SSSR count). The van der Waals surface area contributed by atoms with Gasteiger partial charge < -0.3 is 16.0 Å². The summed E-state index contributed by atoms with van der Waals surface area (Å²) in [7, 11) is 0. The van der Waals surface area contributed by atoms with Crippen molar-refractivity contribution >= 4 is 23.1 Å².